The predicted molar refractivity (Wildman–Crippen MR) is 65.3 cm³/mol. The molecule has 0 unspecified atom stereocenters. The highest BCUT2D eigenvalue weighted by atomic mass is 16.1. The zero-order chi connectivity index (χ0) is 13.2. The molecule has 0 saturated heterocycles. The van der Waals surface area contributed by atoms with Crippen molar-refractivity contribution in [2.75, 3.05) is 0 Å². The van der Waals surface area contributed by atoms with E-state index in [0.29, 0.717) is 6.42 Å². The lowest BCUT2D eigenvalue weighted by atomic mass is 9.77. The molecule has 96 valence electrons. The fourth-order valence-electron chi connectivity index (χ4n) is 1.67. The van der Waals surface area contributed by atoms with Crippen LogP contribution in [0.5, 0.6) is 0 Å². The van der Waals surface area contributed by atoms with Crippen LogP contribution in [0, 0.1) is 16.2 Å². The van der Waals surface area contributed by atoms with E-state index in [1.54, 1.807) is 6.08 Å². The molecule has 0 aromatic heterocycles. The van der Waals surface area contributed by atoms with Crippen LogP contribution < -0.4 is 0 Å². The van der Waals surface area contributed by atoms with Gasteiger partial charge < -0.3 is 0 Å². The molecule has 0 aromatic carbocycles. The molecule has 0 amide bonds. The van der Waals surface area contributed by atoms with Crippen LogP contribution in [0.25, 0.3) is 0 Å². The fourth-order valence-corrected chi connectivity index (χ4v) is 1.67. The van der Waals surface area contributed by atoms with Gasteiger partial charge in [-0.05, 0) is 24.8 Å². The number of carbonyl (C=O) groups excluding carboxylic acids is 3. The van der Waals surface area contributed by atoms with Gasteiger partial charge in [0, 0.05) is 6.42 Å². The summed E-state index contributed by atoms with van der Waals surface area (Å²) in [5.74, 6) is 0.286. The summed E-state index contributed by atoms with van der Waals surface area (Å²) in [4.78, 5) is 27.7. The molecule has 0 saturated carbocycles. The minimum Gasteiger partial charge on any atom is -0.295 e. The second-order valence-electron chi connectivity index (χ2n) is 4.18. The van der Waals surface area contributed by atoms with E-state index in [0.717, 1.165) is 18.6 Å². The highest BCUT2D eigenvalue weighted by molar-refractivity contribution is 5.91. The SMILES string of the molecule is C.CC1=CC(=O)CC(C)(C)C1.N=C=O.N=C=O. The summed E-state index contributed by atoms with van der Waals surface area (Å²) >= 11 is 0. The van der Waals surface area contributed by atoms with Crippen LogP contribution in [-0.2, 0) is 14.4 Å². The van der Waals surface area contributed by atoms with E-state index >= 15 is 0 Å². The molecule has 0 bridgehead atoms. The molecule has 0 atom stereocenters. The Morgan fingerprint density at radius 3 is 1.76 bits per heavy atom. The summed E-state index contributed by atoms with van der Waals surface area (Å²) in [5, 5.41) is 10.8. The van der Waals surface area contributed by atoms with Crippen LogP contribution in [0.15, 0.2) is 11.6 Å². The van der Waals surface area contributed by atoms with Gasteiger partial charge in [0.2, 0.25) is 12.2 Å². The molecule has 5 heteroatoms. The lowest BCUT2D eigenvalue weighted by Crippen LogP contribution is -2.20. The van der Waals surface area contributed by atoms with Crippen molar-refractivity contribution < 1.29 is 14.4 Å². The van der Waals surface area contributed by atoms with E-state index in [1.165, 1.54) is 5.57 Å². The number of carbonyl (C=O) groups is 1. The first-order valence-corrected chi connectivity index (χ1v) is 4.60. The van der Waals surface area contributed by atoms with Gasteiger partial charge in [-0.3, -0.25) is 4.79 Å². The quantitative estimate of drug-likeness (QED) is 0.503. The van der Waals surface area contributed by atoms with Crippen LogP contribution >= 0.6 is 0 Å². The molecule has 1 aliphatic carbocycles. The maximum Gasteiger partial charge on any atom is 0.231 e. The third-order valence-corrected chi connectivity index (χ3v) is 1.82. The third kappa shape index (κ3) is 14.2. The first kappa shape index (κ1) is 20.6. The highest BCUT2D eigenvalue weighted by Gasteiger charge is 2.25. The Kier molecular flexibility index (Phi) is 12.9. The number of ketones is 1. The maximum absolute atomic E-state index is 11.0. The fraction of sp³-hybridized carbons (Fsp3) is 0.583. The van der Waals surface area contributed by atoms with Crippen LogP contribution in [0.4, 0.5) is 0 Å². The molecule has 0 heterocycles. The van der Waals surface area contributed by atoms with Crippen molar-refractivity contribution in [3.05, 3.63) is 11.6 Å². The average Bonchev–Trinajstić information content (AvgIpc) is 2.00. The lowest BCUT2D eigenvalue weighted by Gasteiger charge is -2.27. The zero-order valence-corrected chi connectivity index (χ0v) is 9.72. The molecule has 17 heavy (non-hydrogen) atoms. The molecule has 2 N–H and O–H groups in total. The largest absolute Gasteiger partial charge is 0.295 e. The summed E-state index contributed by atoms with van der Waals surface area (Å²) < 4.78 is 0. The van der Waals surface area contributed by atoms with Crippen LogP contribution in [0.2, 0.25) is 0 Å². The Hall–Kier alpha value is -1.83. The van der Waals surface area contributed by atoms with Gasteiger partial charge >= 0.3 is 0 Å². The Morgan fingerprint density at radius 1 is 1.18 bits per heavy atom. The molecule has 5 nitrogen and oxygen atoms in total. The number of hydrogen-bond donors (Lipinski definition) is 2. The molecule has 0 spiro atoms. The summed E-state index contributed by atoms with van der Waals surface area (Å²) in [5.41, 5.74) is 1.43. The summed E-state index contributed by atoms with van der Waals surface area (Å²) in [6.07, 6.45) is 5.05. The first-order valence-electron chi connectivity index (χ1n) is 4.60. The topological polar surface area (TPSA) is 98.9 Å². The van der Waals surface area contributed by atoms with Gasteiger partial charge in [0.1, 0.15) is 0 Å². The van der Waals surface area contributed by atoms with Crippen molar-refractivity contribution >= 4 is 17.9 Å². The van der Waals surface area contributed by atoms with E-state index in [9.17, 15) is 4.79 Å². The standard InChI is InChI=1S/C9H14O.2CHNO.CH4/c1-7-4-8(10)6-9(2,3)5-7;2*2-1-3;/h4H,5-6H2,1-3H3;2*2H;1H4. The van der Waals surface area contributed by atoms with Crippen molar-refractivity contribution in [3.8, 4) is 0 Å². The monoisotopic (exact) mass is 240 g/mol. The highest BCUT2D eigenvalue weighted by Crippen LogP contribution is 2.32. The average molecular weight is 240 g/mol. The van der Waals surface area contributed by atoms with Gasteiger partial charge in [-0.25, -0.2) is 20.4 Å². The van der Waals surface area contributed by atoms with Gasteiger partial charge in [-0.1, -0.05) is 26.8 Å². The Bertz CT molecular complexity index is 320. The Morgan fingerprint density at radius 2 is 1.53 bits per heavy atom. The molecule has 1 rings (SSSR count). The normalized spacial score (nSPS) is 15.2. The summed E-state index contributed by atoms with van der Waals surface area (Å²) in [6, 6.07) is 0. The minimum atomic E-state index is 0. The van der Waals surface area contributed by atoms with Crippen molar-refractivity contribution in [1.29, 1.82) is 10.8 Å². The first-order chi connectivity index (χ1) is 7.32. The second kappa shape index (κ2) is 10.7. The van der Waals surface area contributed by atoms with E-state index in [1.807, 2.05) is 6.92 Å². The van der Waals surface area contributed by atoms with Crippen molar-refractivity contribution in [3.63, 3.8) is 0 Å². The van der Waals surface area contributed by atoms with Crippen LogP contribution in [0.1, 0.15) is 41.0 Å². The number of hydrogen-bond acceptors (Lipinski definition) is 5. The minimum absolute atomic E-state index is 0. The molecule has 0 aliphatic heterocycles. The number of nitrogens with one attached hydrogen (secondary N) is 2. The van der Waals surface area contributed by atoms with E-state index < -0.39 is 0 Å². The molecular weight excluding hydrogens is 220 g/mol. The predicted octanol–water partition coefficient (Wildman–Crippen LogP) is 2.76. The maximum atomic E-state index is 11.0. The molecule has 0 radical (unpaired) electrons. The number of allylic oxidation sites excluding steroid dienone is 2. The van der Waals surface area contributed by atoms with Gasteiger partial charge in [0.25, 0.3) is 0 Å². The van der Waals surface area contributed by atoms with E-state index in [-0.39, 0.29) is 18.6 Å². The van der Waals surface area contributed by atoms with Gasteiger partial charge in [0.05, 0.1) is 0 Å². The van der Waals surface area contributed by atoms with Crippen LogP contribution in [-0.4, -0.2) is 17.9 Å². The van der Waals surface area contributed by atoms with Crippen molar-refractivity contribution in [2.45, 2.75) is 41.0 Å². The second-order valence-corrected chi connectivity index (χ2v) is 4.18. The molecule has 0 fully saturated rings. The van der Waals surface area contributed by atoms with Crippen molar-refractivity contribution in [1.82, 2.24) is 0 Å². The van der Waals surface area contributed by atoms with Crippen LogP contribution in [0.3, 0.4) is 0 Å². The lowest BCUT2D eigenvalue weighted by molar-refractivity contribution is -0.117. The van der Waals surface area contributed by atoms with Gasteiger partial charge in [0.15, 0.2) is 5.78 Å². The van der Waals surface area contributed by atoms with Gasteiger partial charge in [-0.15, -0.1) is 0 Å². The number of isocyanates is 2. The Labute approximate surface area is 102 Å². The number of rotatable bonds is 0. The van der Waals surface area contributed by atoms with E-state index in [4.69, 9.17) is 20.4 Å². The molecular formula is C12H20N2O3. The van der Waals surface area contributed by atoms with E-state index in [2.05, 4.69) is 13.8 Å². The molecule has 0 aromatic rings. The zero-order valence-electron chi connectivity index (χ0n) is 9.72. The smallest absolute Gasteiger partial charge is 0.231 e. The Balaban J connectivity index is -0.000000240. The third-order valence-electron chi connectivity index (χ3n) is 1.82. The van der Waals surface area contributed by atoms with Crippen molar-refractivity contribution in [2.24, 2.45) is 5.41 Å². The summed E-state index contributed by atoms with van der Waals surface area (Å²) in [6.45, 7) is 6.31. The summed E-state index contributed by atoms with van der Waals surface area (Å²) in [7, 11) is 0. The van der Waals surface area contributed by atoms with Gasteiger partial charge in [-0.2, -0.15) is 0 Å². The molecule has 1 aliphatic rings.